The van der Waals surface area contributed by atoms with Gasteiger partial charge in [-0.05, 0) is 17.7 Å². The Morgan fingerprint density at radius 1 is 1.45 bits per heavy atom. The number of hydrogen-bond donors (Lipinski definition) is 2. The van der Waals surface area contributed by atoms with Gasteiger partial charge in [0.25, 0.3) is 5.91 Å². The number of hydrogen-bond acceptors (Lipinski definition) is 6. The van der Waals surface area contributed by atoms with E-state index >= 15 is 0 Å². The third-order valence-electron chi connectivity index (χ3n) is 2.98. The third kappa shape index (κ3) is 3.80. The molecule has 22 heavy (non-hydrogen) atoms. The highest BCUT2D eigenvalue weighted by Gasteiger charge is 2.16. The number of nitro groups is 1. The van der Waals surface area contributed by atoms with Crippen molar-refractivity contribution in [1.29, 1.82) is 0 Å². The number of benzene rings is 1. The fourth-order valence-corrected chi connectivity index (χ4v) is 2.48. The second-order valence-electron chi connectivity index (χ2n) is 4.43. The van der Waals surface area contributed by atoms with Crippen molar-refractivity contribution >= 4 is 22.2 Å². The second kappa shape index (κ2) is 7.01. The lowest BCUT2D eigenvalue weighted by atomic mass is 10.1. The molecule has 0 spiro atoms. The van der Waals surface area contributed by atoms with Gasteiger partial charge in [0.15, 0.2) is 0 Å². The van der Waals surface area contributed by atoms with Gasteiger partial charge in [-0.3, -0.25) is 14.9 Å². The van der Waals surface area contributed by atoms with Crippen molar-refractivity contribution < 1.29 is 19.6 Å². The van der Waals surface area contributed by atoms with E-state index in [4.69, 9.17) is 4.74 Å². The van der Waals surface area contributed by atoms with Gasteiger partial charge in [0.1, 0.15) is 5.75 Å². The van der Waals surface area contributed by atoms with Crippen molar-refractivity contribution in [1.82, 2.24) is 5.32 Å². The number of carbonyl (C=O) groups excluding carboxylic acids is 1. The predicted octanol–water partition coefficient (Wildman–Crippen LogP) is 2.13. The highest BCUT2D eigenvalue weighted by atomic mass is 32.1. The monoisotopic (exact) mass is 322 g/mol. The summed E-state index contributed by atoms with van der Waals surface area (Å²) in [5.74, 6) is 0.211. The zero-order valence-electron chi connectivity index (χ0n) is 11.7. The molecular formula is C14H14N2O5S. The molecule has 1 heterocycles. The highest BCUT2D eigenvalue weighted by Crippen LogP contribution is 2.22. The van der Waals surface area contributed by atoms with Gasteiger partial charge in [0.2, 0.25) is 0 Å². The molecule has 0 aliphatic carbocycles. The van der Waals surface area contributed by atoms with Gasteiger partial charge in [-0.25, -0.2) is 0 Å². The SMILES string of the molecule is COc1ccc(C(O)CNC(=O)c2csc([N+](=O)[O-])c2)cc1. The van der Waals surface area contributed by atoms with Crippen molar-refractivity contribution in [2.75, 3.05) is 13.7 Å². The van der Waals surface area contributed by atoms with Crippen LogP contribution in [0.3, 0.4) is 0 Å². The summed E-state index contributed by atoms with van der Waals surface area (Å²) in [5.41, 5.74) is 0.844. The average Bonchev–Trinajstić information content (AvgIpc) is 3.02. The summed E-state index contributed by atoms with van der Waals surface area (Å²) in [4.78, 5) is 21.9. The average molecular weight is 322 g/mol. The molecule has 116 valence electrons. The molecule has 1 amide bonds. The van der Waals surface area contributed by atoms with Crippen LogP contribution in [0.15, 0.2) is 35.7 Å². The van der Waals surface area contributed by atoms with E-state index in [-0.39, 0.29) is 17.1 Å². The number of aliphatic hydroxyl groups is 1. The van der Waals surface area contributed by atoms with Gasteiger partial charge in [0.05, 0.1) is 23.7 Å². The summed E-state index contributed by atoms with van der Waals surface area (Å²) < 4.78 is 5.02. The van der Waals surface area contributed by atoms with Gasteiger partial charge in [-0.15, -0.1) is 0 Å². The first-order valence-electron chi connectivity index (χ1n) is 6.34. The molecule has 1 aromatic carbocycles. The molecule has 0 saturated carbocycles. The van der Waals surface area contributed by atoms with Crippen LogP contribution in [0.5, 0.6) is 5.75 Å². The van der Waals surface area contributed by atoms with E-state index in [1.54, 1.807) is 31.4 Å². The summed E-state index contributed by atoms with van der Waals surface area (Å²) in [6, 6.07) is 8.03. The molecule has 1 unspecified atom stereocenters. The number of rotatable bonds is 6. The minimum atomic E-state index is -0.872. The Morgan fingerprint density at radius 2 is 2.14 bits per heavy atom. The van der Waals surface area contributed by atoms with Gasteiger partial charge in [0, 0.05) is 18.0 Å². The molecule has 0 saturated heterocycles. The Bertz CT molecular complexity index is 668. The largest absolute Gasteiger partial charge is 0.497 e. The minimum Gasteiger partial charge on any atom is -0.497 e. The number of carbonyl (C=O) groups is 1. The topological polar surface area (TPSA) is 102 Å². The zero-order chi connectivity index (χ0) is 16.1. The summed E-state index contributed by atoms with van der Waals surface area (Å²) in [7, 11) is 1.55. The number of methoxy groups -OCH3 is 1. The van der Waals surface area contributed by atoms with Crippen molar-refractivity contribution in [2.45, 2.75) is 6.10 Å². The van der Waals surface area contributed by atoms with Crippen LogP contribution in [0.2, 0.25) is 0 Å². The number of nitrogens with one attached hydrogen (secondary N) is 1. The standard InChI is InChI=1S/C14H14N2O5S/c1-21-11-4-2-9(3-5-11)12(17)7-15-14(18)10-6-13(16(19)20)22-8-10/h2-6,8,12,17H,7H2,1H3,(H,15,18). The second-order valence-corrected chi connectivity index (χ2v) is 5.32. The molecular weight excluding hydrogens is 308 g/mol. The first-order chi connectivity index (χ1) is 10.5. The molecule has 2 N–H and O–H groups in total. The summed E-state index contributed by atoms with van der Waals surface area (Å²) in [5, 5.41) is 24.4. The van der Waals surface area contributed by atoms with E-state index < -0.39 is 16.9 Å². The molecule has 0 aliphatic rings. The molecule has 2 rings (SSSR count). The van der Waals surface area contributed by atoms with Crippen LogP contribution in [0.1, 0.15) is 22.0 Å². The van der Waals surface area contributed by atoms with E-state index in [2.05, 4.69) is 5.32 Å². The Morgan fingerprint density at radius 3 is 2.68 bits per heavy atom. The molecule has 8 heteroatoms. The van der Waals surface area contributed by atoms with E-state index in [1.807, 2.05) is 0 Å². The van der Waals surface area contributed by atoms with E-state index in [0.717, 1.165) is 11.3 Å². The number of aliphatic hydroxyl groups excluding tert-OH is 1. The first-order valence-corrected chi connectivity index (χ1v) is 7.22. The van der Waals surface area contributed by atoms with E-state index in [1.165, 1.54) is 11.4 Å². The van der Waals surface area contributed by atoms with Gasteiger partial charge < -0.3 is 15.2 Å². The predicted molar refractivity (Wildman–Crippen MR) is 81.3 cm³/mol. The Kier molecular flexibility index (Phi) is 5.08. The van der Waals surface area contributed by atoms with Gasteiger partial charge in [-0.2, -0.15) is 0 Å². The highest BCUT2D eigenvalue weighted by molar-refractivity contribution is 7.13. The van der Waals surface area contributed by atoms with Crippen molar-refractivity contribution in [3.05, 3.63) is 57.0 Å². The van der Waals surface area contributed by atoms with Crippen LogP contribution in [-0.2, 0) is 0 Å². The first kappa shape index (κ1) is 15.9. The molecule has 0 fully saturated rings. The molecule has 0 bridgehead atoms. The fraction of sp³-hybridized carbons (Fsp3) is 0.214. The van der Waals surface area contributed by atoms with Crippen LogP contribution in [-0.4, -0.2) is 29.6 Å². The number of thiophene rings is 1. The normalized spacial score (nSPS) is 11.7. The lowest BCUT2D eigenvalue weighted by Crippen LogP contribution is -2.28. The number of nitrogens with zero attached hydrogens (tertiary/aromatic N) is 1. The summed E-state index contributed by atoms with van der Waals surface area (Å²) in [6.45, 7) is 0.00874. The van der Waals surface area contributed by atoms with Crippen molar-refractivity contribution in [3.63, 3.8) is 0 Å². The van der Waals surface area contributed by atoms with Crippen molar-refractivity contribution in [2.24, 2.45) is 0 Å². The zero-order valence-corrected chi connectivity index (χ0v) is 12.5. The molecule has 7 nitrogen and oxygen atoms in total. The number of amides is 1. The maximum atomic E-state index is 11.9. The lowest BCUT2D eigenvalue weighted by Gasteiger charge is -2.12. The van der Waals surface area contributed by atoms with Crippen LogP contribution in [0, 0.1) is 10.1 Å². The molecule has 1 aromatic heterocycles. The fourth-order valence-electron chi connectivity index (χ4n) is 1.78. The van der Waals surface area contributed by atoms with Gasteiger partial charge >= 0.3 is 5.00 Å². The van der Waals surface area contributed by atoms with Crippen molar-refractivity contribution in [3.8, 4) is 5.75 Å². The van der Waals surface area contributed by atoms with Crippen LogP contribution in [0.4, 0.5) is 5.00 Å². The van der Waals surface area contributed by atoms with E-state index in [9.17, 15) is 20.0 Å². The Balaban J connectivity index is 1.92. The van der Waals surface area contributed by atoms with E-state index in [0.29, 0.717) is 11.3 Å². The lowest BCUT2D eigenvalue weighted by molar-refractivity contribution is -0.380. The van der Waals surface area contributed by atoms with Gasteiger partial charge in [-0.1, -0.05) is 23.5 Å². The number of ether oxygens (including phenoxy) is 1. The summed E-state index contributed by atoms with van der Waals surface area (Å²) >= 11 is 0.884. The van der Waals surface area contributed by atoms with Crippen LogP contribution >= 0.6 is 11.3 Å². The minimum absolute atomic E-state index is 0.00874. The van der Waals surface area contributed by atoms with Crippen LogP contribution < -0.4 is 10.1 Å². The summed E-state index contributed by atoms with van der Waals surface area (Å²) in [6.07, 6.45) is -0.872. The van der Waals surface area contributed by atoms with Crippen LogP contribution in [0.25, 0.3) is 0 Å². The Hall–Kier alpha value is -2.45. The molecule has 2 aromatic rings. The molecule has 0 radical (unpaired) electrons. The third-order valence-corrected chi connectivity index (χ3v) is 3.86. The Labute approximate surface area is 130 Å². The molecule has 0 aliphatic heterocycles. The maximum absolute atomic E-state index is 11.9. The maximum Gasteiger partial charge on any atom is 0.324 e. The smallest absolute Gasteiger partial charge is 0.324 e. The molecule has 1 atom stereocenters. The quantitative estimate of drug-likeness (QED) is 0.626.